The minimum absolute atomic E-state index is 1.53. The Hall–Kier alpha value is -0.483. The zero-order chi connectivity index (χ0) is 41.9. The molecule has 0 N–H and O–H groups in total. The summed E-state index contributed by atoms with van der Waals surface area (Å²) in [7, 11) is -3.06. The van der Waals surface area contributed by atoms with Gasteiger partial charge in [0.25, 0.3) is 0 Å². The van der Waals surface area contributed by atoms with Crippen molar-refractivity contribution in [1.29, 1.82) is 0 Å². The minimum atomic E-state index is -12.5. The zero-order valence-corrected chi connectivity index (χ0v) is 29.3. The topological polar surface area (TPSA) is 27.7 Å². The summed E-state index contributed by atoms with van der Waals surface area (Å²) in [4.78, 5) is 0. The van der Waals surface area contributed by atoms with Gasteiger partial charge in [-0.25, -0.2) is 0 Å². The van der Waals surface area contributed by atoms with E-state index in [4.69, 9.17) is 0 Å². The van der Waals surface area contributed by atoms with E-state index >= 15 is 35.1 Å². The van der Waals surface area contributed by atoms with Crippen LogP contribution in [0.2, 0.25) is 0 Å². The van der Waals surface area contributed by atoms with Gasteiger partial charge in [0.2, 0.25) is 0 Å². The maximum atomic E-state index is 15.4. The van der Waals surface area contributed by atoms with Crippen molar-refractivity contribution >= 4 is 38.4 Å². The van der Waals surface area contributed by atoms with Crippen LogP contribution in [0.1, 0.15) is 0 Å². The average Bonchev–Trinajstić information content (AvgIpc) is 3.00. The molecule has 0 rings (SSSR count). The summed E-state index contributed by atoms with van der Waals surface area (Å²) in [6.45, 7) is -17.7. The molecule has 0 aromatic heterocycles. The third-order valence-electron chi connectivity index (χ3n) is 6.60. The van der Waals surface area contributed by atoms with E-state index in [0.29, 0.717) is 0 Å². The molecule has 0 saturated carbocycles. The first-order valence-corrected chi connectivity index (χ1v) is 22.0. The van der Waals surface area contributed by atoms with Gasteiger partial charge in [0, 0.05) is 0 Å². The molecule has 51 heavy (non-hydrogen) atoms. The quantitative estimate of drug-likeness (QED) is 0.0903. The summed E-state index contributed by atoms with van der Waals surface area (Å²) in [5.41, 5.74) is 0. The third kappa shape index (κ3) is 6.46. The summed E-state index contributed by atoms with van der Waals surface area (Å²) < 4.78 is 371. The number of rotatable bonds is 20. The van der Waals surface area contributed by atoms with Gasteiger partial charge in [0.05, 0.1) is 0 Å². The van der Waals surface area contributed by atoms with Crippen LogP contribution < -0.4 is 0 Å². The predicted octanol–water partition coefficient (Wildman–Crippen LogP) is 8.84. The van der Waals surface area contributed by atoms with Gasteiger partial charge in [-0.05, 0) is 0 Å². The van der Waals surface area contributed by atoms with Crippen LogP contribution in [-0.2, 0) is 7.56 Å². The van der Waals surface area contributed by atoms with Crippen LogP contribution in [0, 0.1) is 0 Å². The van der Waals surface area contributed by atoms with Crippen LogP contribution >= 0.6 is 0 Å². The fraction of sp³-hybridized carbons (Fsp3) is 1.00. The molecule has 0 bridgehead atoms. The van der Waals surface area contributed by atoms with E-state index < -0.39 is 142 Å². The fourth-order valence-electron chi connectivity index (χ4n) is 3.53. The number of hydrogen-bond acceptors (Lipinski definition) is 3. The van der Waals surface area contributed by atoms with Gasteiger partial charge in [-0.2, -0.15) is 0 Å². The second kappa shape index (κ2) is 14.2. The first-order valence-electron chi connectivity index (χ1n) is 11.7. The Morgan fingerprint density at radius 1 is 0.314 bits per heavy atom. The van der Waals surface area contributed by atoms with Crippen LogP contribution in [0.4, 0.5) is 123 Å². The Morgan fingerprint density at radius 2 is 0.451 bits per heavy atom. The molecular formula is C18H14F28O3Sn2. The van der Waals surface area contributed by atoms with E-state index in [1.54, 1.807) is 0 Å². The summed E-state index contributed by atoms with van der Waals surface area (Å²) in [6, 6.07) is 0. The molecule has 0 spiro atoms. The fourth-order valence-corrected chi connectivity index (χ4v) is 39.4. The molecule has 0 aliphatic heterocycles. The van der Waals surface area contributed by atoms with Crippen molar-refractivity contribution in [1.82, 2.24) is 0 Å². The molecule has 0 unspecified atom stereocenters. The first kappa shape index (κ1) is 50.5. The SMILES string of the molecule is C[O][Sn]([O][Sn]([O]C)([C](F)(F)C(F)(F)C(F)(F)CF)[C](F)(F)C(F)(F)C(F)(F)CF)([C](F)(F)C(F)(F)C(F)(F)CF)[C](F)(F)C(F)(F)C(F)(F)CF. The summed E-state index contributed by atoms with van der Waals surface area (Å²) in [6.07, 6.45) is 0. The van der Waals surface area contributed by atoms with E-state index in [1.807, 2.05) is 0 Å². The van der Waals surface area contributed by atoms with Crippen molar-refractivity contribution in [3.8, 4) is 0 Å². The molecule has 33 heteroatoms. The number of halogens is 28. The van der Waals surface area contributed by atoms with E-state index in [-0.39, 0.29) is 0 Å². The Labute approximate surface area is 272 Å². The molecule has 0 aromatic rings. The Balaban J connectivity index is 9.50. The van der Waals surface area contributed by atoms with Crippen molar-refractivity contribution in [2.24, 2.45) is 0 Å². The van der Waals surface area contributed by atoms with Crippen LogP contribution in [-0.4, -0.2) is 142 Å². The van der Waals surface area contributed by atoms with Gasteiger partial charge < -0.3 is 0 Å². The van der Waals surface area contributed by atoms with Crippen molar-refractivity contribution in [3.63, 3.8) is 0 Å². The van der Waals surface area contributed by atoms with E-state index in [1.165, 1.54) is 0 Å². The molecule has 0 aromatic carbocycles. The second-order valence-corrected chi connectivity index (χ2v) is 30.7. The molecule has 0 saturated heterocycles. The van der Waals surface area contributed by atoms with Crippen molar-refractivity contribution in [2.45, 2.75) is 63.1 Å². The van der Waals surface area contributed by atoms with Gasteiger partial charge >= 0.3 is 273 Å². The molecule has 0 fully saturated rings. The predicted molar refractivity (Wildman–Crippen MR) is 110 cm³/mol. The molecule has 0 radical (unpaired) electrons. The van der Waals surface area contributed by atoms with Crippen LogP contribution in [0.25, 0.3) is 0 Å². The normalized spacial score (nSPS) is 16.6. The van der Waals surface area contributed by atoms with Crippen LogP contribution in [0.3, 0.4) is 0 Å². The van der Waals surface area contributed by atoms with Crippen molar-refractivity contribution in [3.05, 3.63) is 0 Å². The second-order valence-electron chi connectivity index (χ2n) is 9.69. The van der Waals surface area contributed by atoms with Crippen molar-refractivity contribution in [2.75, 3.05) is 40.9 Å². The Morgan fingerprint density at radius 3 is 0.549 bits per heavy atom. The molecular weight excluding hydrogens is 1030 g/mol. The molecule has 0 aliphatic carbocycles. The van der Waals surface area contributed by atoms with Crippen LogP contribution in [0.5, 0.6) is 0 Å². The number of alkyl halides is 28. The Kier molecular flexibility index (Phi) is 14.1. The molecule has 0 atom stereocenters. The Bertz CT molecular complexity index is 1040. The molecule has 0 amide bonds. The first-order chi connectivity index (χ1) is 22.1. The monoisotopic (exact) mass is 1050 g/mol. The van der Waals surface area contributed by atoms with Gasteiger partial charge in [0.1, 0.15) is 0 Å². The van der Waals surface area contributed by atoms with Gasteiger partial charge in [-0.15, -0.1) is 0 Å². The van der Waals surface area contributed by atoms with Crippen molar-refractivity contribution < 1.29 is 130 Å². The standard InChI is InChI=1S/4C4H2F7.2CH3O.O.2Sn/c4*5-1-3(8,9)4(10,11)2(6)7;2*1-2;;;/h4*1H2;2*1H3;;;/q;;;;2*-1;;2*+1. The van der Waals surface area contributed by atoms with Gasteiger partial charge in [-0.1, -0.05) is 0 Å². The van der Waals surface area contributed by atoms with E-state index in [9.17, 15) is 87.8 Å². The summed E-state index contributed by atoms with van der Waals surface area (Å²) >= 11 is -24.9. The maximum absolute atomic E-state index is 15.4. The van der Waals surface area contributed by atoms with Crippen LogP contribution in [0.15, 0.2) is 0 Å². The summed E-state index contributed by atoms with van der Waals surface area (Å²) in [5, 5.41) is 0. The van der Waals surface area contributed by atoms with Gasteiger partial charge in [0.15, 0.2) is 0 Å². The molecule has 0 heterocycles. The van der Waals surface area contributed by atoms with E-state index in [2.05, 4.69) is 7.56 Å². The molecule has 3 nitrogen and oxygen atoms in total. The molecule has 308 valence electrons. The number of hydrogen-bond donors (Lipinski definition) is 0. The average molecular weight is 1050 g/mol. The van der Waals surface area contributed by atoms with E-state index in [0.717, 1.165) is 0 Å². The van der Waals surface area contributed by atoms with Gasteiger partial charge in [-0.3, -0.25) is 0 Å². The molecule has 0 aliphatic rings. The zero-order valence-electron chi connectivity index (χ0n) is 23.6. The summed E-state index contributed by atoms with van der Waals surface area (Å²) in [5.74, 6) is -64.6. The third-order valence-corrected chi connectivity index (χ3v) is 35.6.